The second kappa shape index (κ2) is 12.8. The standard InChI is InChI=1S/C58H36N2/c1-3-14-37(15-4-1)45-21-7-9-26-52(45)59(43-32-33-54-50(35-43)46-22-8-10-27-53(46)60(54)42-19-5-2-6-20-42)44-34-41-31-30-40-17-12-24-48-47-23-11-16-38-28-29-39-18-13-25-49(57(39)55(38)47)51(36-44)58(41)56(40)48/h1-36H. The Balaban J connectivity index is 1.18. The number of para-hydroxylation sites is 3. The van der Waals surface area contributed by atoms with Gasteiger partial charge in [0.05, 0.1) is 16.7 Å². The van der Waals surface area contributed by atoms with E-state index < -0.39 is 0 Å². The van der Waals surface area contributed by atoms with Gasteiger partial charge in [-0.1, -0.05) is 164 Å². The quantitative estimate of drug-likeness (QED) is 0.159. The van der Waals surface area contributed by atoms with Gasteiger partial charge in [-0.25, -0.2) is 0 Å². The van der Waals surface area contributed by atoms with E-state index in [2.05, 4.69) is 228 Å². The summed E-state index contributed by atoms with van der Waals surface area (Å²) in [6.07, 6.45) is 0. The summed E-state index contributed by atoms with van der Waals surface area (Å²) >= 11 is 0. The molecule has 0 fully saturated rings. The lowest BCUT2D eigenvalue weighted by Crippen LogP contribution is -2.11. The van der Waals surface area contributed by atoms with Crippen molar-refractivity contribution in [2.75, 3.05) is 4.90 Å². The second-order valence-corrected chi connectivity index (χ2v) is 16.0. The Labute approximate surface area is 346 Å². The van der Waals surface area contributed by atoms with Crippen molar-refractivity contribution in [1.82, 2.24) is 4.57 Å². The number of fused-ring (bicyclic) bond motifs is 5. The highest BCUT2D eigenvalue weighted by atomic mass is 15.1. The molecule has 0 amide bonds. The fourth-order valence-electron chi connectivity index (χ4n) is 10.3. The Morgan fingerprint density at radius 2 is 0.817 bits per heavy atom. The molecule has 0 spiro atoms. The van der Waals surface area contributed by atoms with Crippen LogP contribution in [0.3, 0.4) is 0 Å². The van der Waals surface area contributed by atoms with E-state index in [0.29, 0.717) is 0 Å². The smallest absolute Gasteiger partial charge is 0.0542 e. The summed E-state index contributed by atoms with van der Waals surface area (Å²) in [4.78, 5) is 2.50. The van der Waals surface area contributed by atoms with Crippen LogP contribution in [0.25, 0.3) is 103 Å². The molecule has 0 aliphatic carbocycles. The van der Waals surface area contributed by atoms with Crippen molar-refractivity contribution in [2.24, 2.45) is 0 Å². The van der Waals surface area contributed by atoms with Gasteiger partial charge in [0, 0.05) is 33.4 Å². The number of anilines is 3. The fraction of sp³-hybridized carbons (Fsp3) is 0. The van der Waals surface area contributed by atoms with E-state index in [1.54, 1.807) is 0 Å². The lowest BCUT2D eigenvalue weighted by atomic mass is 9.87. The van der Waals surface area contributed by atoms with Gasteiger partial charge in [0.25, 0.3) is 0 Å². The average Bonchev–Trinajstić information content (AvgIpc) is 3.64. The van der Waals surface area contributed by atoms with Crippen LogP contribution in [0.4, 0.5) is 17.1 Å². The Hall–Kier alpha value is -7.94. The molecule has 2 heteroatoms. The Bertz CT molecular complexity index is 3820. The summed E-state index contributed by atoms with van der Waals surface area (Å²) in [6.45, 7) is 0. The maximum absolute atomic E-state index is 2.50. The molecule has 13 aromatic rings. The van der Waals surface area contributed by atoms with Crippen molar-refractivity contribution >= 4 is 104 Å². The van der Waals surface area contributed by atoms with Crippen molar-refractivity contribution in [3.8, 4) is 16.8 Å². The molecule has 0 radical (unpaired) electrons. The summed E-state index contributed by atoms with van der Waals surface area (Å²) in [7, 11) is 0. The van der Waals surface area contributed by atoms with Crippen LogP contribution >= 0.6 is 0 Å². The molecule has 0 bridgehead atoms. The first-order valence-corrected chi connectivity index (χ1v) is 20.8. The van der Waals surface area contributed by atoms with E-state index in [4.69, 9.17) is 0 Å². The highest BCUT2D eigenvalue weighted by Gasteiger charge is 2.23. The summed E-state index contributed by atoms with van der Waals surface area (Å²) in [5, 5.41) is 17.7. The summed E-state index contributed by atoms with van der Waals surface area (Å²) in [5.74, 6) is 0. The molecule has 1 heterocycles. The van der Waals surface area contributed by atoms with Crippen molar-refractivity contribution in [3.63, 3.8) is 0 Å². The van der Waals surface area contributed by atoms with Gasteiger partial charge < -0.3 is 9.47 Å². The monoisotopic (exact) mass is 760 g/mol. The number of hydrogen-bond donors (Lipinski definition) is 0. The van der Waals surface area contributed by atoms with Crippen LogP contribution in [0.2, 0.25) is 0 Å². The fourth-order valence-corrected chi connectivity index (χ4v) is 10.3. The molecule has 0 saturated heterocycles. The van der Waals surface area contributed by atoms with Crippen LogP contribution in [0, 0.1) is 0 Å². The van der Waals surface area contributed by atoms with Crippen LogP contribution in [0.15, 0.2) is 218 Å². The van der Waals surface area contributed by atoms with E-state index >= 15 is 0 Å². The minimum atomic E-state index is 1.10. The minimum absolute atomic E-state index is 1.10. The number of rotatable bonds is 5. The molecular weight excluding hydrogens is 725 g/mol. The molecule has 13 rings (SSSR count). The van der Waals surface area contributed by atoms with Crippen molar-refractivity contribution in [2.45, 2.75) is 0 Å². The largest absolute Gasteiger partial charge is 0.310 e. The third-order valence-electron chi connectivity index (χ3n) is 12.8. The SMILES string of the molecule is c1ccc(-c2ccccc2N(c2cc3ccc4cccc5c6cccc7ccc8cccc(c(c2)c3c45)c8c76)c2ccc3c(c2)c2ccccc2n3-c2ccccc2)cc1. The number of aromatic nitrogens is 1. The lowest BCUT2D eigenvalue weighted by Gasteiger charge is -2.29. The molecule has 0 unspecified atom stereocenters. The lowest BCUT2D eigenvalue weighted by molar-refractivity contribution is 1.18. The normalized spacial score (nSPS) is 12.0. The van der Waals surface area contributed by atoms with E-state index in [1.807, 2.05) is 0 Å². The predicted molar refractivity (Wildman–Crippen MR) is 257 cm³/mol. The van der Waals surface area contributed by atoms with Crippen molar-refractivity contribution < 1.29 is 0 Å². The molecule has 278 valence electrons. The average molecular weight is 761 g/mol. The van der Waals surface area contributed by atoms with Gasteiger partial charge in [0.2, 0.25) is 0 Å². The molecule has 0 aliphatic heterocycles. The summed E-state index contributed by atoms with van der Waals surface area (Å²) in [5.41, 5.74) is 9.22. The van der Waals surface area contributed by atoms with Gasteiger partial charge in [-0.3, -0.25) is 0 Å². The van der Waals surface area contributed by atoms with Crippen molar-refractivity contribution in [1.29, 1.82) is 0 Å². The van der Waals surface area contributed by atoms with Gasteiger partial charge >= 0.3 is 0 Å². The van der Waals surface area contributed by atoms with Crippen LogP contribution in [0.1, 0.15) is 0 Å². The summed E-state index contributed by atoms with van der Waals surface area (Å²) in [6, 6.07) is 80.8. The highest BCUT2D eigenvalue weighted by Crippen LogP contribution is 2.48. The summed E-state index contributed by atoms with van der Waals surface area (Å²) < 4.78 is 2.39. The molecule has 0 atom stereocenters. The van der Waals surface area contributed by atoms with Gasteiger partial charge in [-0.05, 0) is 125 Å². The van der Waals surface area contributed by atoms with Gasteiger partial charge in [-0.15, -0.1) is 0 Å². The third kappa shape index (κ3) is 4.76. The molecule has 60 heavy (non-hydrogen) atoms. The topological polar surface area (TPSA) is 8.17 Å². The highest BCUT2D eigenvalue weighted by molar-refractivity contribution is 6.37. The maximum Gasteiger partial charge on any atom is 0.0542 e. The van der Waals surface area contributed by atoms with E-state index in [9.17, 15) is 0 Å². The molecule has 12 aromatic carbocycles. The zero-order valence-electron chi connectivity index (χ0n) is 32.7. The zero-order valence-corrected chi connectivity index (χ0v) is 32.7. The Morgan fingerprint density at radius 1 is 0.300 bits per heavy atom. The zero-order chi connectivity index (χ0) is 39.3. The Kier molecular flexibility index (Phi) is 7.05. The van der Waals surface area contributed by atoms with E-state index in [-0.39, 0.29) is 0 Å². The first-order valence-electron chi connectivity index (χ1n) is 20.8. The third-order valence-corrected chi connectivity index (χ3v) is 12.8. The first kappa shape index (κ1) is 33.1. The first-order chi connectivity index (χ1) is 29.8. The molecule has 2 nitrogen and oxygen atoms in total. The van der Waals surface area contributed by atoms with Gasteiger partial charge in [0.1, 0.15) is 0 Å². The minimum Gasteiger partial charge on any atom is -0.310 e. The number of nitrogens with zero attached hydrogens (tertiary/aromatic N) is 2. The number of hydrogen-bond acceptors (Lipinski definition) is 1. The van der Waals surface area contributed by atoms with Crippen LogP contribution in [-0.4, -0.2) is 4.57 Å². The van der Waals surface area contributed by atoms with Crippen LogP contribution in [0.5, 0.6) is 0 Å². The maximum atomic E-state index is 2.50. The second-order valence-electron chi connectivity index (χ2n) is 16.0. The molecule has 0 aliphatic rings. The molecular formula is C58H36N2. The number of benzene rings is 11. The van der Waals surface area contributed by atoms with Crippen LogP contribution in [-0.2, 0) is 0 Å². The van der Waals surface area contributed by atoms with E-state index in [1.165, 1.54) is 97.6 Å². The van der Waals surface area contributed by atoms with Crippen LogP contribution < -0.4 is 4.90 Å². The van der Waals surface area contributed by atoms with Crippen molar-refractivity contribution in [3.05, 3.63) is 218 Å². The molecule has 1 aromatic heterocycles. The van der Waals surface area contributed by atoms with E-state index in [0.717, 1.165) is 22.7 Å². The Morgan fingerprint density at radius 3 is 1.52 bits per heavy atom. The predicted octanol–water partition coefficient (Wildman–Crippen LogP) is 16.3. The molecule has 0 saturated carbocycles. The van der Waals surface area contributed by atoms with Gasteiger partial charge in [-0.2, -0.15) is 0 Å². The van der Waals surface area contributed by atoms with Gasteiger partial charge in [0.15, 0.2) is 0 Å². The molecule has 0 N–H and O–H groups in total.